The summed E-state index contributed by atoms with van der Waals surface area (Å²) in [6.45, 7) is 0.436. The summed E-state index contributed by atoms with van der Waals surface area (Å²) in [4.78, 5) is 11.9. The minimum atomic E-state index is -0.678. The second-order valence-corrected chi connectivity index (χ2v) is 6.81. The van der Waals surface area contributed by atoms with E-state index in [9.17, 15) is 13.6 Å². The van der Waals surface area contributed by atoms with Crippen LogP contribution in [0.15, 0.2) is 30.3 Å². The Morgan fingerprint density at radius 1 is 1.00 bits per heavy atom. The van der Waals surface area contributed by atoms with E-state index in [0.29, 0.717) is 42.2 Å². The van der Waals surface area contributed by atoms with Crippen LogP contribution in [0.25, 0.3) is 0 Å². The molecule has 2 N–H and O–H groups in total. The Balaban J connectivity index is 1.81. The van der Waals surface area contributed by atoms with E-state index in [2.05, 4.69) is 10.6 Å². The van der Waals surface area contributed by atoms with Gasteiger partial charge in [-0.3, -0.25) is 4.79 Å². The Kier molecular flexibility index (Phi) is 6.53. The third-order valence-electron chi connectivity index (χ3n) is 4.94. The Hall–Kier alpha value is -2.87. The molecule has 1 aliphatic rings. The molecular formula is C21H24F2N2O4. The first-order chi connectivity index (χ1) is 13.9. The SMILES string of the molecule is COc1cc(CN[C@@H]2CCC(=O)N[C@H]2c2cc(F)cc(F)c2)cc(OC)c1OC. The number of amides is 1. The normalized spacial score (nSPS) is 18.9. The van der Waals surface area contributed by atoms with Crippen LogP contribution in [-0.2, 0) is 11.3 Å². The molecule has 6 nitrogen and oxygen atoms in total. The van der Waals surface area contributed by atoms with Crippen molar-refractivity contribution < 1.29 is 27.8 Å². The van der Waals surface area contributed by atoms with Gasteiger partial charge in [0.2, 0.25) is 11.7 Å². The predicted molar refractivity (Wildman–Crippen MR) is 103 cm³/mol. The molecule has 2 atom stereocenters. The fourth-order valence-electron chi connectivity index (χ4n) is 3.58. The van der Waals surface area contributed by atoms with Crippen molar-refractivity contribution in [2.24, 2.45) is 0 Å². The number of benzene rings is 2. The van der Waals surface area contributed by atoms with Gasteiger partial charge in [-0.25, -0.2) is 8.78 Å². The summed E-state index contributed by atoms with van der Waals surface area (Å²) < 4.78 is 43.4. The van der Waals surface area contributed by atoms with Crippen LogP contribution in [0, 0.1) is 11.6 Å². The Labute approximate surface area is 168 Å². The monoisotopic (exact) mass is 406 g/mol. The van der Waals surface area contributed by atoms with Gasteiger partial charge in [0.15, 0.2) is 11.5 Å². The van der Waals surface area contributed by atoms with E-state index < -0.39 is 17.7 Å². The molecule has 0 bridgehead atoms. The van der Waals surface area contributed by atoms with Crippen LogP contribution in [0.1, 0.15) is 30.0 Å². The zero-order valence-electron chi connectivity index (χ0n) is 16.6. The first-order valence-electron chi connectivity index (χ1n) is 9.22. The number of halogens is 2. The highest BCUT2D eigenvalue weighted by Gasteiger charge is 2.30. The van der Waals surface area contributed by atoms with Gasteiger partial charge in [-0.2, -0.15) is 0 Å². The third-order valence-corrected chi connectivity index (χ3v) is 4.94. The molecule has 1 heterocycles. The molecule has 0 unspecified atom stereocenters. The standard InChI is InChI=1S/C21H24F2N2O4/c1-27-17-6-12(7-18(28-2)21(17)29-3)11-24-16-4-5-19(26)25-20(16)13-8-14(22)10-15(23)9-13/h6-10,16,20,24H,4-5,11H2,1-3H3,(H,25,26)/t16-,20+/m1/s1. The Morgan fingerprint density at radius 3 is 2.17 bits per heavy atom. The van der Waals surface area contributed by atoms with Crippen LogP contribution in [-0.4, -0.2) is 33.3 Å². The zero-order valence-corrected chi connectivity index (χ0v) is 16.6. The number of hydrogen-bond donors (Lipinski definition) is 2. The lowest BCUT2D eigenvalue weighted by atomic mass is 9.91. The maximum Gasteiger partial charge on any atom is 0.220 e. The molecule has 1 fully saturated rings. The summed E-state index contributed by atoms with van der Waals surface area (Å²) >= 11 is 0. The van der Waals surface area contributed by atoms with Crippen molar-refractivity contribution in [3.63, 3.8) is 0 Å². The van der Waals surface area contributed by atoms with Gasteiger partial charge in [-0.15, -0.1) is 0 Å². The van der Waals surface area contributed by atoms with Crippen LogP contribution in [0.4, 0.5) is 8.78 Å². The van der Waals surface area contributed by atoms with Crippen LogP contribution >= 0.6 is 0 Å². The van der Waals surface area contributed by atoms with Crippen molar-refractivity contribution in [2.75, 3.05) is 21.3 Å². The average molecular weight is 406 g/mol. The van der Waals surface area contributed by atoms with Crippen molar-refractivity contribution in [1.82, 2.24) is 10.6 Å². The molecule has 0 radical (unpaired) electrons. The topological polar surface area (TPSA) is 68.8 Å². The molecule has 1 amide bonds. The Bertz CT molecular complexity index is 846. The van der Waals surface area contributed by atoms with Crippen molar-refractivity contribution in [1.29, 1.82) is 0 Å². The minimum Gasteiger partial charge on any atom is -0.493 e. The largest absolute Gasteiger partial charge is 0.493 e. The van der Waals surface area contributed by atoms with Crippen molar-refractivity contribution in [3.8, 4) is 17.2 Å². The fraction of sp³-hybridized carbons (Fsp3) is 0.381. The van der Waals surface area contributed by atoms with Crippen LogP contribution in [0.5, 0.6) is 17.2 Å². The Morgan fingerprint density at radius 2 is 1.62 bits per heavy atom. The molecule has 0 aliphatic carbocycles. The van der Waals surface area contributed by atoms with E-state index in [-0.39, 0.29) is 11.9 Å². The smallest absolute Gasteiger partial charge is 0.220 e. The van der Waals surface area contributed by atoms with Crippen molar-refractivity contribution in [2.45, 2.75) is 31.5 Å². The molecule has 29 heavy (non-hydrogen) atoms. The summed E-state index contributed by atoms with van der Waals surface area (Å²) in [7, 11) is 4.62. The highest BCUT2D eigenvalue weighted by atomic mass is 19.1. The molecule has 0 spiro atoms. The quantitative estimate of drug-likeness (QED) is 0.740. The zero-order chi connectivity index (χ0) is 21.0. The van der Waals surface area contributed by atoms with Gasteiger partial charge in [-0.05, 0) is 41.8 Å². The number of nitrogens with one attached hydrogen (secondary N) is 2. The highest BCUT2D eigenvalue weighted by molar-refractivity contribution is 5.77. The van der Waals surface area contributed by atoms with E-state index >= 15 is 0 Å². The van der Waals surface area contributed by atoms with E-state index in [1.807, 2.05) is 12.1 Å². The van der Waals surface area contributed by atoms with Gasteiger partial charge < -0.3 is 24.8 Å². The number of methoxy groups -OCH3 is 3. The molecule has 2 aromatic rings. The second-order valence-electron chi connectivity index (χ2n) is 6.81. The third kappa shape index (κ3) is 4.76. The molecule has 8 heteroatoms. The number of ether oxygens (including phenoxy) is 3. The van der Waals surface area contributed by atoms with Gasteiger partial charge >= 0.3 is 0 Å². The lowest BCUT2D eigenvalue weighted by Crippen LogP contribution is -2.48. The fourth-order valence-corrected chi connectivity index (χ4v) is 3.58. The highest BCUT2D eigenvalue weighted by Crippen LogP contribution is 2.38. The summed E-state index contributed by atoms with van der Waals surface area (Å²) in [6, 6.07) is 6.21. The molecule has 2 aromatic carbocycles. The van der Waals surface area contributed by atoms with Gasteiger partial charge in [0.05, 0.1) is 27.4 Å². The lowest BCUT2D eigenvalue weighted by molar-refractivity contribution is -0.123. The lowest BCUT2D eigenvalue weighted by Gasteiger charge is -2.33. The summed E-state index contributed by atoms with van der Waals surface area (Å²) in [5.74, 6) is 0.0578. The average Bonchev–Trinajstić information content (AvgIpc) is 2.71. The van der Waals surface area contributed by atoms with E-state index in [0.717, 1.165) is 11.6 Å². The first-order valence-corrected chi connectivity index (χ1v) is 9.22. The predicted octanol–water partition coefficient (Wildman–Crippen LogP) is 3.10. The maximum absolute atomic E-state index is 13.7. The summed E-state index contributed by atoms with van der Waals surface area (Å²) in [5.41, 5.74) is 1.26. The first kappa shape index (κ1) is 20.9. The van der Waals surface area contributed by atoms with Crippen LogP contribution < -0.4 is 24.8 Å². The molecule has 1 saturated heterocycles. The van der Waals surface area contributed by atoms with Gasteiger partial charge in [-0.1, -0.05) is 0 Å². The van der Waals surface area contributed by atoms with Crippen molar-refractivity contribution >= 4 is 5.91 Å². The van der Waals surface area contributed by atoms with Gasteiger partial charge in [0.1, 0.15) is 11.6 Å². The molecule has 156 valence electrons. The van der Waals surface area contributed by atoms with E-state index in [1.54, 1.807) is 14.2 Å². The molecule has 0 aromatic heterocycles. The number of carbonyl (C=O) groups is 1. The van der Waals surface area contributed by atoms with Gasteiger partial charge in [0, 0.05) is 25.1 Å². The molecule has 0 saturated carbocycles. The van der Waals surface area contributed by atoms with E-state index in [4.69, 9.17) is 14.2 Å². The number of piperidine rings is 1. The summed E-state index contributed by atoms with van der Waals surface area (Å²) in [6.07, 6.45) is 0.875. The molecule has 1 aliphatic heterocycles. The van der Waals surface area contributed by atoms with E-state index in [1.165, 1.54) is 19.2 Å². The summed E-state index contributed by atoms with van der Waals surface area (Å²) in [5, 5.41) is 6.21. The van der Waals surface area contributed by atoms with Crippen LogP contribution in [0.3, 0.4) is 0 Å². The number of carbonyl (C=O) groups excluding carboxylic acids is 1. The molecule has 3 rings (SSSR count). The minimum absolute atomic E-state index is 0.148. The number of rotatable bonds is 7. The van der Waals surface area contributed by atoms with Gasteiger partial charge in [0.25, 0.3) is 0 Å². The second kappa shape index (κ2) is 9.09. The van der Waals surface area contributed by atoms with Crippen LogP contribution in [0.2, 0.25) is 0 Å². The molecular weight excluding hydrogens is 382 g/mol. The van der Waals surface area contributed by atoms with Crippen molar-refractivity contribution in [3.05, 3.63) is 53.1 Å². The number of hydrogen-bond acceptors (Lipinski definition) is 5. The maximum atomic E-state index is 13.7.